The van der Waals surface area contributed by atoms with Crippen LogP contribution in [0.3, 0.4) is 0 Å². The molecule has 13 rings (SSSR count). The summed E-state index contributed by atoms with van der Waals surface area (Å²) in [6.07, 6.45) is 0. The van der Waals surface area contributed by atoms with E-state index in [0.29, 0.717) is 22.5 Å². The van der Waals surface area contributed by atoms with Crippen LogP contribution in [0, 0.1) is 22.7 Å². The number of aromatic nitrogens is 3. The van der Waals surface area contributed by atoms with Crippen molar-refractivity contribution in [3.05, 3.63) is 198 Å². The molecular formula is C57H35N5. The van der Waals surface area contributed by atoms with Crippen molar-refractivity contribution in [3.63, 3.8) is 0 Å². The molecule has 1 aliphatic rings. The normalized spacial score (nSPS) is 13.1. The Kier molecular flexibility index (Phi) is 6.86. The zero-order chi connectivity index (χ0) is 41.4. The van der Waals surface area contributed by atoms with E-state index in [-0.39, 0.29) is 5.41 Å². The number of rotatable bonds is 3. The molecule has 0 unspecified atom stereocenters. The summed E-state index contributed by atoms with van der Waals surface area (Å²) in [5.41, 5.74) is 14.5. The van der Waals surface area contributed by atoms with Crippen LogP contribution in [0.4, 0.5) is 0 Å². The number of hydrogen-bond acceptors (Lipinski definition) is 2. The van der Waals surface area contributed by atoms with Gasteiger partial charge in [0.2, 0.25) is 0 Å². The van der Waals surface area contributed by atoms with Crippen molar-refractivity contribution in [2.24, 2.45) is 0 Å². The first-order valence-electron chi connectivity index (χ1n) is 21.1. The third-order valence-electron chi connectivity index (χ3n) is 13.7. The number of hydrogen-bond donors (Lipinski definition) is 0. The van der Waals surface area contributed by atoms with Gasteiger partial charge in [0, 0.05) is 43.4 Å². The molecule has 3 aromatic heterocycles. The molecule has 0 aliphatic heterocycles. The fourth-order valence-corrected chi connectivity index (χ4v) is 10.9. The maximum Gasteiger partial charge on any atom is 0.101 e. The average molecular weight is 790 g/mol. The molecule has 0 N–H and O–H groups in total. The van der Waals surface area contributed by atoms with E-state index in [1.165, 1.54) is 33.0 Å². The van der Waals surface area contributed by atoms with Crippen LogP contribution in [-0.4, -0.2) is 13.7 Å². The fraction of sp³-hybridized carbons (Fsp3) is 0.0526. The molecule has 3 heterocycles. The van der Waals surface area contributed by atoms with Gasteiger partial charge in [-0.05, 0) is 99.8 Å². The predicted molar refractivity (Wildman–Crippen MR) is 254 cm³/mol. The molecule has 62 heavy (non-hydrogen) atoms. The Bertz CT molecular complexity index is 3990. The molecule has 1 aliphatic carbocycles. The highest BCUT2D eigenvalue weighted by molar-refractivity contribution is 6.22. The third kappa shape index (κ3) is 4.44. The van der Waals surface area contributed by atoms with E-state index in [4.69, 9.17) is 0 Å². The Morgan fingerprint density at radius 2 is 0.919 bits per heavy atom. The van der Waals surface area contributed by atoms with Crippen LogP contribution in [0.5, 0.6) is 0 Å². The highest BCUT2D eigenvalue weighted by Crippen LogP contribution is 2.51. The van der Waals surface area contributed by atoms with Gasteiger partial charge in [0.05, 0.1) is 55.6 Å². The largest absolute Gasteiger partial charge is 0.309 e. The Balaban J connectivity index is 1.08. The monoisotopic (exact) mass is 789 g/mol. The number of para-hydroxylation sites is 3. The first kappa shape index (κ1) is 34.5. The van der Waals surface area contributed by atoms with Crippen LogP contribution in [0.15, 0.2) is 176 Å². The van der Waals surface area contributed by atoms with Gasteiger partial charge in [0.25, 0.3) is 0 Å². The summed E-state index contributed by atoms with van der Waals surface area (Å²) in [5, 5.41) is 31.4. The number of benzene rings is 9. The molecule has 5 heteroatoms. The van der Waals surface area contributed by atoms with E-state index in [2.05, 4.69) is 197 Å². The molecule has 9 aromatic carbocycles. The maximum atomic E-state index is 11.2. The van der Waals surface area contributed by atoms with Gasteiger partial charge in [-0.3, -0.25) is 0 Å². The second-order valence-corrected chi connectivity index (χ2v) is 17.1. The first-order valence-corrected chi connectivity index (χ1v) is 21.1. The van der Waals surface area contributed by atoms with Crippen LogP contribution in [0.25, 0.3) is 104 Å². The Morgan fingerprint density at radius 1 is 0.387 bits per heavy atom. The fourth-order valence-electron chi connectivity index (χ4n) is 10.9. The van der Waals surface area contributed by atoms with Crippen molar-refractivity contribution in [2.45, 2.75) is 19.3 Å². The molecule has 0 amide bonds. The van der Waals surface area contributed by atoms with E-state index >= 15 is 0 Å². The van der Waals surface area contributed by atoms with Gasteiger partial charge in [0.15, 0.2) is 0 Å². The van der Waals surface area contributed by atoms with Crippen LogP contribution < -0.4 is 0 Å². The second kappa shape index (κ2) is 12.3. The highest BCUT2D eigenvalue weighted by Gasteiger charge is 2.36. The van der Waals surface area contributed by atoms with Gasteiger partial charge >= 0.3 is 0 Å². The van der Waals surface area contributed by atoms with Crippen LogP contribution in [-0.2, 0) is 5.41 Å². The lowest BCUT2D eigenvalue weighted by Crippen LogP contribution is -2.15. The molecule has 0 saturated heterocycles. The molecule has 0 radical (unpaired) electrons. The Hall–Kier alpha value is -8.38. The summed E-state index contributed by atoms with van der Waals surface area (Å²) in [6.45, 7) is 4.58. The van der Waals surface area contributed by atoms with Gasteiger partial charge in [-0.15, -0.1) is 0 Å². The molecule has 0 saturated carbocycles. The van der Waals surface area contributed by atoms with E-state index in [9.17, 15) is 10.5 Å². The molecule has 12 aromatic rings. The summed E-state index contributed by atoms with van der Waals surface area (Å²) < 4.78 is 6.74. The van der Waals surface area contributed by atoms with Crippen molar-refractivity contribution in [3.8, 4) is 40.3 Å². The molecule has 0 atom stereocenters. The lowest BCUT2D eigenvalue weighted by molar-refractivity contribution is 0.661. The molecule has 288 valence electrons. The molecule has 5 nitrogen and oxygen atoms in total. The first-order chi connectivity index (χ1) is 30.4. The Morgan fingerprint density at radius 3 is 1.60 bits per heavy atom. The summed E-state index contributed by atoms with van der Waals surface area (Å²) in [7, 11) is 0. The standard InChI is InChI=1S/C57H35N5/c1-57(2)46-19-9-5-15-39(46)43-30-44-42-18-8-12-22-50(42)62(55(44)31-47(43)57)54-28-35(32-58)53(27-36(54)33-59)61-51-26-24-37(29-45(51)56-38-14-4-3-13-34(38)23-25-52(56)61)60-48-20-10-6-16-40(48)41-17-7-11-21-49(41)60/h3-31H,1-2H3. The van der Waals surface area contributed by atoms with Crippen LogP contribution >= 0.6 is 0 Å². The van der Waals surface area contributed by atoms with E-state index in [1.807, 2.05) is 18.2 Å². The zero-order valence-corrected chi connectivity index (χ0v) is 34.0. The minimum atomic E-state index is -0.205. The van der Waals surface area contributed by atoms with Gasteiger partial charge in [0.1, 0.15) is 12.1 Å². The van der Waals surface area contributed by atoms with Crippen LogP contribution in [0.2, 0.25) is 0 Å². The van der Waals surface area contributed by atoms with E-state index in [1.54, 1.807) is 0 Å². The van der Waals surface area contributed by atoms with E-state index in [0.717, 1.165) is 71.1 Å². The minimum absolute atomic E-state index is 0.205. The quantitative estimate of drug-likeness (QED) is 0.179. The number of nitriles is 2. The third-order valence-corrected chi connectivity index (χ3v) is 13.7. The van der Waals surface area contributed by atoms with E-state index < -0.39 is 0 Å². The van der Waals surface area contributed by atoms with Crippen molar-refractivity contribution < 1.29 is 0 Å². The summed E-state index contributed by atoms with van der Waals surface area (Å²) in [5.74, 6) is 0. The molecule has 0 spiro atoms. The van der Waals surface area contributed by atoms with Crippen molar-refractivity contribution >= 4 is 76.2 Å². The van der Waals surface area contributed by atoms with Crippen molar-refractivity contribution in [1.29, 1.82) is 10.5 Å². The van der Waals surface area contributed by atoms with Crippen LogP contribution in [0.1, 0.15) is 36.1 Å². The SMILES string of the molecule is CC1(C)c2ccccc2-c2cc3c4ccccc4n(-c4cc(C#N)c(-n5c6ccc(-n7c8ccccc8c8ccccc87)cc6c6c7ccccc7ccc65)cc4C#N)c3cc21. The summed E-state index contributed by atoms with van der Waals surface area (Å²) in [6, 6.07) is 67.4. The summed E-state index contributed by atoms with van der Waals surface area (Å²) in [4.78, 5) is 0. The van der Waals surface area contributed by atoms with Gasteiger partial charge in [-0.25, -0.2) is 0 Å². The lowest BCUT2D eigenvalue weighted by Gasteiger charge is -2.22. The van der Waals surface area contributed by atoms with Crippen molar-refractivity contribution in [1.82, 2.24) is 13.7 Å². The summed E-state index contributed by atoms with van der Waals surface area (Å²) >= 11 is 0. The Labute approximate surface area is 356 Å². The molecular weight excluding hydrogens is 755 g/mol. The smallest absolute Gasteiger partial charge is 0.101 e. The average Bonchev–Trinajstić information content (AvgIpc) is 4.01. The van der Waals surface area contributed by atoms with Gasteiger partial charge in [-0.1, -0.05) is 123 Å². The maximum absolute atomic E-state index is 11.2. The minimum Gasteiger partial charge on any atom is -0.309 e. The number of fused-ring (bicyclic) bond motifs is 14. The van der Waals surface area contributed by atoms with Gasteiger partial charge < -0.3 is 13.7 Å². The topological polar surface area (TPSA) is 62.4 Å². The number of nitrogens with zero attached hydrogens (tertiary/aromatic N) is 5. The zero-order valence-electron chi connectivity index (χ0n) is 34.0. The lowest BCUT2D eigenvalue weighted by atomic mass is 9.82. The van der Waals surface area contributed by atoms with Crippen molar-refractivity contribution in [2.75, 3.05) is 0 Å². The molecule has 0 fully saturated rings. The predicted octanol–water partition coefficient (Wildman–Crippen LogP) is 14.2. The highest BCUT2D eigenvalue weighted by atomic mass is 15.0. The second-order valence-electron chi connectivity index (χ2n) is 17.1. The van der Waals surface area contributed by atoms with Gasteiger partial charge in [-0.2, -0.15) is 10.5 Å². The molecule has 0 bridgehead atoms.